The molecule has 6 nitrogen and oxygen atoms in total. The number of carbonyl (C=O) groups is 1. The summed E-state index contributed by atoms with van der Waals surface area (Å²) in [6, 6.07) is 15.8. The van der Waals surface area contributed by atoms with Gasteiger partial charge in [0.2, 0.25) is 17.7 Å². The lowest BCUT2D eigenvalue weighted by molar-refractivity contribution is -0.116. The zero-order valence-corrected chi connectivity index (χ0v) is 16.0. The van der Waals surface area contributed by atoms with Crippen LogP contribution in [0.15, 0.2) is 59.1 Å². The van der Waals surface area contributed by atoms with Crippen LogP contribution < -0.4 is 5.32 Å². The Morgan fingerprint density at radius 1 is 1.04 bits per heavy atom. The molecule has 6 heteroatoms. The molecule has 0 saturated carbocycles. The maximum absolute atomic E-state index is 12.6. The number of benzene rings is 2. The van der Waals surface area contributed by atoms with Crippen molar-refractivity contribution in [3.05, 3.63) is 66.2 Å². The van der Waals surface area contributed by atoms with Crippen molar-refractivity contribution >= 4 is 22.5 Å². The van der Waals surface area contributed by atoms with Crippen LogP contribution in [-0.2, 0) is 24.2 Å². The molecule has 2 heterocycles. The van der Waals surface area contributed by atoms with Gasteiger partial charge in [-0.25, -0.2) is 0 Å². The number of carbonyl (C=O) groups excluding carboxylic acids is 1. The number of hydrogen-bond donors (Lipinski definition) is 1. The topological polar surface area (TPSA) is 73.0 Å². The first kappa shape index (κ1) is 18.0. The van der Waals surface area contributed by atoms with Crippen LogP contribution in [0.25, 0.3) is 22.4 Å². The molecule has 0 aliphatic carbocycles. The summed E-state index contributed by atoms with van der Waals surface area (Å²) in [6.45, 7) is 4.28. The predicted molar refractivity (Wildman–Crippen MR) is 109 cm³/mol. The predicted octanol–water partition coefficient (Wildman–Crippen LogP) is 4.45. The van der Waals surface area contributed by atoms with Gasteiger partial charge in [0.25, 0.3) is 0 Å². The third-order valence-electron chi connectivity index (χ3n) is 4.75. The molecule has 0 bridgehead atoms. The van der Waals surface area contributed by atoms with E-state index in [9.17, 15) is 4.79 Å². The van der Waals surface area contributed by atoms with Crippen LogP contribution in [0, 0.1) is 0 Å². The number of nitrogens with zero attached hydrogens (tertiary/aromatic N) is 3. The Bertz CT molecular complexity index is 1110. The SMILES string of the molecule is CCc1ccc(NC(=O)Cn2cc(-c3nnc(CC)o3)c3ccccc32)cc1. The van der Waals surface area contributed by atoms with Gasteiger partial charge in [0.05, 0.1) is 5.56 Å². The number of nitrogens with one attached hydrogen (secondary N) is 1. The summed E-state index contributed by atoms with van der Waals surface area (Å²) in [5, 5.41) is 12.1. The van der Waals surface area contributed by atoms with Gasteiger partial charge in [0, 0.05) is 29.2 Å². The number of anilines is 1. The normalized spacial score (nSPS) is 11.1. The Balaban J connectivity index is 1.60. The van der Waals surface area contributed by atoms with Crippen LogP contribution in [0.4, 0.5) is 5.69 Å². The second-order valence-corrected chi connectivity index (χ2v) is 6.64. The molecular weight excluding hydrogens is 352 g/mol. The maximum atomic E-state index is 12.6. The van der Waals surface area contributed by atoms with Crippen molar-refractivity contribution in [2.75, 3.05) is 5.32 Å². The van der Waals surface area contributed by atoms with E-state index in [4.69, 9.17) is 4.42 Å². The van der Waals surface area contributed by atoms with E-state index in [0.717, 1.165) is 28.6 Å². The molecule has 1 N–H and O–H groups in total. The summed E-state index contributed by atoms with van der Waals surface area (Å²) < 4.78 is 7.64. The van der Waals surface area contributed by atoms with Gasteiger partial charge in [-0.1, -0.05) is 44.2 Å². The van der Waals surface area contributed by atoms with Crippen molar-refractivity contribution < 1.29 is 9.21 Å². The number of para-hydroxylation sites is 1. The molecule has 2 aromatic heterocycles. The molecule has 2 aromatic carbocycles. The van der Waals surface area contributed by atoms with E-state index in [2.05, 4.69) is 22.4 Å². The summed E-state index contributed by atoms with van der Waals surface area (Å²) in [5.41, 5.74) is 3.82. The molecule has 28 heavy (non-hydrogen) atoms. The molecule has 142 valence electrons. The monoisotopic (exact) mass is 374 g/mol. The fourth-order valence-corrected chi connectivity index (χ4v) is 3.23. The molecule has 0 aliphatic rings. The van der Waals surface area contributed by atoms with Crippen molar-refractivity contribution in [1.82, 2.24) is 14.8 Å². The average Bonchev–Trinajstić information content (AvgIpc) is 3.33. The zero-order valence-electron chi connectivity index (χ0n) is 16.0. The van der Waals surface area contributed by atoms with E-state index in [1.54, 1.807) is 0 Å². The molecule has 0 fully saturated rings. The fraction of sp³-hybridized carbons (Fsp3) is 0.227. The van der Waals surface area contributed by atoms with Gasteiger partial charge >= 0.3 is 0 Å². The maximum Gasteiger partial charge on any atom is 0.249 e. The first-order chi connectivity index (χ1) is 13.7. The standard InChI is InChI=1S/C22H22N4O2/c1-3-15-9-11-16(12-10-15)23-20(27)14-26-13-18(17-7-5-6-8-19(17)26)22-25-24-21(4-2)28-22/h5-13H,3-4,14H2,1-2H3,(H,23,27). The van der Waals surface area contributed by atoms with E-state index >= 15 is 0 Å². The highest BCUT2D eigenvalue weighted by atomic mass is 16.4. The van der Waals surface area contributed by atoms with E-state index in [1.807, 2.05) is 66.2 Å². The minimum Gasteiger partial charge on any atom is -0.421 e. The lowest BCUT2D eigenvalue weighted by Crippen LogP contribution is -2.18. The summed E-state index contributed by atoms with van der Waals surface area (Å²) in [6.07, 6.45) is 3.56. The molecule has 0 atom stereocenters. The minimum atomic E-state index is -0.0867. The van der Waals surface area contributed by atoms with E-state index in [-0.39, 0.29) is 12.5 Å². The lowest BCUT2D eigenvalue weighted by atomic mass is 10.1. The molecule has 1 amide bonds. The highest BCUT2D eigenvalue weighted by molar-refractivity contribution is 5.96. The van der Waals surface area contributed by atoms with Crippen LogP contribution in [0.3, 0.4) is 0 Å². The average molecular weight is 374 g/mol. The van der Waals surface area contributed by atoms with Crippen LogP contribution in [-0.4, -0.2) is 20.7 Å². The quantitative estimate of drug-likeness (QED) is 0.541. The number of aromatic nitrogens is 3. The van der Waals surface area contributed by atoms with E-state index in [0.29, 0.717) is 18.2 Å². The molecule has 4 rings (SSSR count). The number of fused-ring (bicyclic) bond motifs is 1. The Hall–Kier alpha value is -3.41. The smallest absolute Gasteiger partial charge is 0.249 e. The fourth-order valence-electron chi connectivity index (χ4n) is 3.23. The molecule has 0 spiro atoms. The summed E-state index contributed by atoms with van der Waals surface area (Å²) in [7, 11) is 0. The summed E-state index contributed by atoms with van der Waals surface area (Å²) in [4.78, 5) is 12.6. The van der Waals surface area contributed by atoms with Gasteiger partial charge in [-0.05, 0) is 30.2 Å². The highest BCUT2D eigenvalue weighted by Crippen LogP contribution is 2.30. The van der Waals surface area contributed by atoms with Gasteiger partial charge < -0.3 is 14.3 Å². The Kier molecular flexibility index (Phi) is 4.93. The third-order valence-corrected chi connectivity index (χ3v) is 4.75. The van der Waals surface area contributed by atoms with Gasteiger partial charge in [0.1, 0.15) is 6.54 Å². The minimum absolute atomic E-state index is 0.0867. The Morgan fingerprint density at radius 2 is 1.82 bits per heavy atom. The molecule has 4 aromatic rings. The molecule has 0 radical (unpaired) electrons. The number of hydrogen-bond acceptors (Lipinski definition) is 4. The lowest BCUT2D eigenvalue weighted by Gasteiger charge is -2.08. The van der Waals surface area contributed by atoms with Crippen molar-refractivity contribution in [2.24, 2.45) is 0 Å². The Labute approximate surface area is 163 Å². The number of amides is 1. The number of aryl methyl sites for hydroxylation is 2. The molecular formula is C22H22N4O2. The van der Waals surface area contributed by atoms with Crippen molar-refractivity contribution in [3.63, 3.8) is 0 Å². The van der Waals surface area contributed by atoms with E-state index in [1.165, 1.54) is 5.56 Å². The van der Waals surface area contributed by atoms with Gasteiger partial charge in [-0.15, -0.1) is 10.2 Å². The van der Waals surface area contributed by atoms with Crippen molar-refractivity contribution in [1.29, 1.82) is 0 Å². The Morgan fingerprint density at radius 3 is 2.54 bits per heavy atom. The second kappa shape index (κ2) is 7.68. The molecule has 0 aliphatic heterocycles. The summed E-state index contributed by atoms with van der Waals surface area (Å²) >= 11 is 0. The zero-order chi connectivity index (χ0) is 19.5. The third kappa shape index (κ3) is 3.53. The second-order valence-electron chi connectivity index (χ2n) is 6.64. The van der Waals surface area contributed by atoms with Crippen LogP contribution in [0.1, 0.15) is 25.3 Å². The highest BCUT2D eigenvalue weighted by Gasteiger charge is 2.16. The first-order valence-electron chi connectivity index (χ1n) is 9.47. The van der Waals surface area contributed by atoms with Crippen molar-refractivity contribution in [2.45, 2.75) is 33.2 Å². The van der Waals surface area contributed by atoms with Crippen molar-refractivity contribution in [3.8, 4) is 11.5 Å². The van der Waals surface area contributed by atoms with E-state index < -0.39 is 0 Å². The summed E-state index contributed by atoms with van der Waals surface area (Å²) in [5.74, 6) is 0.985. The number of rotatable bonds is 6. The van der Waals surface area contributed by atoms with Gasteiger partial charge in [-0.2, -0.15) is 0 Å². The molecule has 0 saturated heterocycles. The van der Waals surface area contributed by atoms with Gasteiger partial charge in [-0.3, -0.25) is 4.79 Å². The molecule has 0 unspecified atom stereocenters. The first-order valence-corrected chi connectivity index (χ1v) is 9.47. The van der Waals surface area contributed by atoms with Crippen LogP contribution >= 0.6 is 0 Å². The largest absolute Gasteiger partial charge is 0.421 e. The van der Waals surface area contributed by atoms with Crippen LogP contribution in [0.5, 0.6) is 0 Å². The van der Waals surface area contributed by atoms with Crippen LogP contribution in [0.2, 0.25) is 0 Å². The van der Waals surface area contributed by atoms with Gasteiger partial charge in [0.15, 0.2) is 0 Å².